The van der Waals surface area contributed by atoms with Gasteiger partial charge in [0.25, 0.3) is 0 Å². The SMILES string of the molecule is CCc1ccc(C(CN)N(C)C2CCC(C)CC2)s1. The molecule has 0 aliphatic heterocycles. The van der Waals surface area contributed by atoms with Gasteiger partial charge >= 0.3 is 0 Å². The van der Waals surface area contributed by atoms with Crippen LogP contribution in [0.2, 0.25) is 0 Å². The number of rotatable bonds is 5. The van der Waals surface area contributed by atoms with Gasteiger partial charge in [0, 0.05) is 22.3 Å². The molecule has 0 saturated heterocycles. The third-order valence-electron chi connectivity index (χ3n) is 4.64. The van der Waals surface area contributed by atoms with Crippen LogP contribution < -0.4 is 5.73 Å². The van der Waals surface area contributed by atoms with Gasteiger partial charge < -0.3 is 5.73 Å². The molecule has 0 amide bonds. The Morgan fingerprint density at radius 3 is 2.53 bits per heavy atom. The summed E-state index contributed by atoms with van der Waals surface area (Å²) in [7, 11) is 2.27. The van der Waals surface area contributed by atoms with Crippen LogP contribution in [0.4, 0.5) is 0 Å². The zero-order chi connectivity index (χ0) is 13.8. The zero-order valence-electron chi connectivity index (χ0n) is 12.6. The molecule has 3 heteroatoms. The van der Waals surface area contributed by atoms with Crippen LogP contribution in [0.5, 0.6) is 0 Å². The summed E-state index contributed by atoms with van der Waals surface area (Å²) in [5, 5.41) is 0. The van der Waals surface area contributed by atoms with E-state index in [1.807, 2.05) is 11.3 Å². The molecule has 0 radical (unpaired) electrons. The average Bonchev–Trinajstić information content (AvgIpc) is 2.89. The summed E-state index contributed by atoms with van der Waals surface area (Å²) >= 11 is 1.94. The predicted molar refractivity (Wildman–Crippen MR) is 84.7 cm³/mol. The number of thiophene rings is 1. The van der Waals surface area contributed by atoms with Crippen LogP contribution in [0.25, 0.3) is 0 Å². The van der Waals surface area contributed by atoms with Crippen LogP contribution in [-0.4, -0.2) is 24.5 Å². The van der Waals surface area contributed by atoms with Crippen molar-refractivity contribution in [2.24, 2.45) is 11.7 Å². The summed E-state index contributed by atoms with van der Waals surface area (Å²) in [5.74, 6) is 0.911. The minimum Gasteiger partial charge on any atom is -0.329 e. The van der Waals surface area contributed by atoms with Gasteiger partial charge in [-0.1, -0.05) is 13.8 Å². The summed E-state index contributed by atoms with van der Waals surface area (Å²) in [6.07, 6.45) is 6.54. The van der Waals surface area contributed by atoms with Gasteiger partial charge in [-0.15, -0.1) is 11.3 Å². The first-order chi connectivity index (χ1) is 9.15. The predicted octanol–water partition coefficient (Wildman–Crippen LogP) is 3.82. The van der Waals surface area contributed by atoms with Gasteiger partial charge in [-0.3, -0.25) is 4.90 Å². The molecule has 1 aromatic heterocycles. The molecule has 1 fully saturated rings. The lowest BCUT2D eigenvalue weighted by atomic mass is 9.86. The lowest BCUT2D eigenvalue weighted by molar-refractivity contribution is 0.128. The number of hydrogen-bond acceptors (Lipinski definition) is 3. The van der Waals surface area contributed by atoms with Crippen molar-refractivity contribution < 1.29 is 0 Å². The van der Waals surface area contributed by atoms with E-state index in [-0.39, 0.29) is 0 Å². The van der Waals surface area contributed by atoms with Crippen molar-refractivity contribution >= 4 is 11.3 Å². The maximum atomic E-state index is 6.06. The second-order valence-electron chi connectivity index (χ2n) is 5.99. The van der Waals surface area contributed by atoms with Crippen LogP contribution in [0.15, 0.2) is 12.1 Å². The standard InChI is InChI=1S/C16H28N2S/c1-4-14-9-10-16(19-14)15(11-17)18(3)13-7-5-12(2)6-8-13/h9-10,12-13,15H,4-8,11,17H2,1-3H3. The van der Waals surface area contributed by atoms with E-state index >= 15 is 0 Å². The molecule has 19 heavy (non-hydrogen) atoms. The first-order valence-corrected chi connectivity index (χ1v) is 8.48. The molecule has 1 aromatic rings. The Kier molecular flexibility index (Phi) is 5.43. The Morgan fingerprint density at radius 2 is 2.00 bits per heavy atom. The quantitative estimate of drug-likeness (QED) is 0.888. The molecule has 0 bridgehead atoms. The van der Waals surface area contributed by atoms with Crippen molar-refractivity contribution in [3.05, 3.63) is 21.9 Å². The third kappa shape index (κ3) is 3.59. The van der Waals surface area contributed by atoms with Gasteiger partial charge in [0.15, 0.2) is 0 Å². The van der Waals surface area contributed by atoms with E-state index in [0.29, 0.717) is 6.04 Å². The van der Waals surface area contributed by atoms with E-state index in [9.17, 15) is 0 Å². The maximum Gasteiger partial charge on any atom is 0.0564 e. The largest absolute Gasteiger partial charge is 0.329 e. The molecule has 1 unspecified atom stereocenters. The summed E-state index contributed by atoms with van der Waals surface area (Å²) in [4.78, 5) is 5.46. The van der Waals surface area contributed by atoms with Gasteiger partial charge in [-0.2, -0.15) is 0 Å². The fraction of sp³-hybridized carbons (Fsp3) is 0.750. The second-order valence-corrected chi connectivity index (χ2v) is 7.19. The first-order valence-electron chi connectivity index (χ1n) is 7.66. The molecule has 0 aromatic carbocycles. The van der Waals surface area contributed by atoms with Crippen molar-refractivity contribution in [1.29, 1.82) is 0 Å². The van der Waals surface area contributed by atoms with E-state index in [1.165, 1.54) is 35.4 Å². The van der Waals surface area contributed by atoms with Gasteiger partial charge in [-0.05, 0) is 57.2 Å². The summed E-state index contributed by atoms with van der Waals surface area (Å²) in [5.41, 5.74) is 6.06. The van der Waals surface area contributed by atoms with Gasteiger partial charge in [0.2, 0.25) is 0 Å². The molecule has 1 aliphatic rings. The van der Waals surface area contributed by atoms with E-state index in [1.54, 1.807) is 0 Å². The molecule has 1 heterocycles. The highest BCUT2D eigenvalue weighted by atomic mass is 32.1. The number of likely N-dealkylation sites (N-methyl/N-ethyl adjacent to an activating group) is 1. The van der Waals surface area contributed by atoms with Gasteiger partial charge in [0.1, 0.15) is 0 Å². The number of nitrogens with two attached hydrogens (primary N) is 1. The number of hydrogen-bond donors (Lipinski definition) is 1. The molecule has 1 atom stereocenters. The topological polar surface area (TPSA) is 29.3 Å². The summed E-state index contributed by atoms with van der Waals surface area (Å²) in [6, 6.07) is 5.67. The Labute approximate surface area is 122 Å². The normalized spacial score (nSPS) is 25.7. The Morgan fingerprint density at radius 1 is 1.32 bits per heavy atom. The first kappa shape index (κ1) is 15.0. The van der Waals surface area contributed by atoms with Crippen LogP contribution in [0.3, 0.4) is 0 Å². The van der Waals surface area contributed by atoms with Crippen molar-refractivity contribution in [2.45, 2.75) is 58.0 Å². The van der Waals surface area contributed by atoms with Crippen molar-refractivity contribution in [3.63, 3.8) is 0 Å². The molecule has 2 N–H and O–H groups in total. The smallest absolute Gasteiger partial charge is 0.0564 e. The number of aryl methyl sites for hydroxylation is 1. The van der Waals surface area contributed by atoms with Gasteiger partial charge in [0.05, 0.1) is 6.04 Å². The lowest BCUT2D eigenvalue weighted by Gasteiger charge is -2.37. The van der Waals surface area contributed by atoms with Crippen LogP contribution in [0, 0.1) is 5.92 Å². The van der Waals surface area contributed by atoms with Crippen LogP contribution >= 0.6 is 11.3 Å². The van der Waals surface area contributed by atoms with E-state index < -0.39 is 0 Å². The van der Waals surface area contributed by atoms with Crippen molar-refractivity contribution in [1.82, 2.24) is 4.90 Å². The lowest BCUT2D eigenvalue weighted by Crippen LogP contribution is -2.40. The van der Waals surface area contributed by atoms with Crippen molar-refractivity contribution in [2.75, 3.05) is 13.6 Å². The highest BCUT2D eigenvalue weighted by Crippen LogP contribution is 2.33. The minimum atomic E-state index is 0.406. The summed E-state index contributed by atoms with van der Waals surface area (Å²) in [6.45, 7) is 5.33. The minimum absolute atomic E-state index is 0.406. The maximum absolute atomic E-state index is 6.06. The Balaban J connectivity index is 2.04. The van der Waals surface area contributed by atoms with Crippen LogP contribution in [0.1, 0.15) is 55.3 Å². The van der Waals surface area contributed by atoms with E-state index in [2.05, 4.69) is 37.9 Å². The highest BCUT2D eigenvalue weighted by Gasteiger charge is 2.27. The van der Waals surface area contributed by atoms with Gasteiger partial charge in [-0.25, -0.2) is 0 Å². The molecule has 1 saturated carbocycles. The second kappa shape index (κ2) is 6.87. The molecular formula is C16H28N2S. The Bertz CT molecular complexity index is 380. The molecular weight excluding hydrogens is 252 g/mol. The fourth-order valence-electron chi connectivity index (χ4n) is 3.15. The molecule has 1 aliphatic carbocycles. The molecule has 108 valence electrons. The third-order valence-corrected chi connectivity index (χ3v) is 5.97. The van der Waals surface area contributed by atoms with E-state index in [0.717, 1.165) is 24.9 Å². The zero-order valence-corrected chi connectivity index (χ0v) is 13.4. The van der Waals surface area contributed by atoms with Crippen molar-refractivity contribution in [3.8, 4) is 0 Å². The molecule has 0 spiro atoms. The summed E-state index contributed by atoms with van der Waals surface area (Å²) < 4.78 is 0. The molecule has 2 rings (SSSR count). The monoisotopic (exact) mass is 280 g/mol. The number of nitrogens with zero attached hydrogens (tertiary/aromatic N) is 1. The van der Waals surface area contributed by atoms with Crippen LogP contribution in [-0.2, 0) is 6.42 Å². The average molecular weight is 280 g/mol. The highest BCUT2D eigenvalue weighted by molar-refractivity contribution is 7.12. The Hall–Kier alpha value is -0.380. The molecule has 2 nitrogen and oxygen atoms in total. The van der Waals surface area contributed by atoms with E-state index in [4.69, 9.17) is 5.73 Å². The fourth-order valence-corrected chi connectivity index (χ4v) is 4.27.